The minimum atomic E-state index is -3.04. The summed E-state index contributed by atoms with van der Waals surface area (Å²) in [6.45, 7) is 8.81. The second-order valence-electron chi connectivity index (χ2n) is 7.86. The summed E-state index contributed by atoms with van der Waals surface area (Å²) in [4.78, 5) is 13.2. The number of aromatic nitrogens is 3. The fraction of sp³-hybridized carbons (Fsp3) is 0.750. The zero-order chi connectivity index (χ0) is 24.3. The monoisotopic (exact) mass is 491 g/mol. The average molecular weight is 492 g/mol. The summed E-state index contributed by atoms with van der Waals surface area (Å²) in [5.41, 5.74) is 1.36. The molecule has 0 spiro atoms. The van der Waals surface area contributed by atoms with Gasteiger partial charge in [0.15, 0.2) is 9.84 Å². The molecule has 11 nitrogen and oxygen atoms in total. The van der Waals surface area contributed by atoms with Gasteiger partial charge in [-0.25, -0.2) is 17.5 Å². The Morgan fingerprint density at radius 1 is 1.15 bits per heavy atom. The molecule has 0 aliphatic carbocycles. The summed E-state index contributed by atoms with van der Waals surface area (Å²) in [5, 5.41) is 10.3. The van der Waals surface area contributed by atoms with E-state index >= 15 is 0 Å². The van der Waals surface area contributed by atoms with E-state index in [1.165, 1.54) is 10.9 Å². The number of nitrogens with zero attached hydrogens (tertiary/aromatic N) is 4. The van der Waals surface area contributed by atoms with Crippen LogP contribution in [0.5, 0.6) is 0 Å². The third kappa shape index (κ3) is 9.45. The number of amides is 1. The largest absolute Gasteiger partial charge is 0.377 e. The van der Waals surface area contributed by atoms with Crippen LogP contribution in [0.4, 0.5) is 4.39 Å². The number of halogens is 1. The van der Waals surface area contributed by atoms with Gasteiger partial charge in [-0.15, -0.1) is 5.10 Å². The Morgan fingerprint density at radius 3 is 2.33 bits per heavy atom. The van der Waals surface area contributed by atoms with Crippen molar-refractivity contribution >= 4 is 15.7 Å². The molecule has 1 aromatic heterocycles. The van der Waals surface area contributed by atoms with Gasteiger partial charge in [0.2, 0.25) is 5.91 Å². The minimum absolute atomic E-state index is 0.188. The van der Waals surface area contributed by atoms with Crippen LogP contribution in [-0.4, -0.2) is 105 Å². The first-order valence-electron chi connectivity index (χ1n) is 10.8. The van der Waals surface area contributed by atoms with E-state index in [9.17, 15) is 17.6 Å². The van der Waals surface area contributed by atoms with E-state index < -0.39 is 16.5 Å². The molecule has 2 rings (SSSR count). The number of carbonyl (C=O) groups is 1. The summed E-state index contributed by atoms with van der Waals surface area (Å²) < 4.78 is 54.2. The molecule has 1 aromatic rings. The molecule has 0 atom stereocenters. The van der Waals surface area contributed by atoms with Crippen LogP contribution in [0.1, 0.15) is 18.3 Å². The SMILES string of the molecule is C=C(C)C(=O)NCCOCCOCCOCCn1nnc(CN2CC(S(C)(=O)=O)C2)c1CF. The highest BCUT2D eigenvalue weighted by molar-refractivity contribution is 7.91. The normalized spacial score (nSPS) is 14.9. The molecule has 13 heteroatoms. The molecular formula is C20H34FN5O6S. The zero-order valence-corrected chi connectivity index (χ0v) is 20.1. The molecule has 188 valence electrons. The molecule has 1 saturated heterocycles. The van der Waals surface area contributed by atoms with E-state index in [1.54, 1.807) is 6.92 Å². The number of alkyl halides is 1. The molecule has 1 aliphatic heterocycles. The molecular weight excluding hydrogens is 457 g/mol. The Kier molecular flexibility index (Phi) is 11.3. The van der Waals surface area contributed by atoms with Crippen LogP contribution in [-0.2, 0) is 48.6 Å². The molecule has 1 aliphatic rings. The van der Waals surface area contributed by atoms with Crippen molar-refractivity contribution in [1.29, 1.82) is 0 Å². The predicted molar refractivity (Wildman–Crippen MR) is 119 cm³/mol. The van der Waals surface area contributed by atoms with Crippen molar-refractivity contribution in [3.8, 4) is 0 Å². The number of carbonyl (C=O) groups excluding carboxylic acids is 1. The Morgan fingerprint density at radius 2 is 1.76 bits per heavy atom. The van der Waals surface area contributed by atoms with Crippen molar-refractivity contribution in [2.24, 2.45) is 0 Å². The lowest BCUT2D eigenvalue weighted by atomic mass is 10.2. The number of rotatable bonds is 17. The van der Waals surface area contributed by atoms with E-state index in [-0.39, 0.29) is 11.2 Å². The van der Waals surface area contributed by atoms with Crippen molar-refractivity contribution in [2.45, 2.75) is 31.9 Å². The van der Waals surface area contributed by atoms with Crippen LogP contribution >= 0.6 is 0 Å². The van der Waals surface area contributed by atoms with Crippen molar-refractivity contribution in [2.75, 3.05) is 65.5 Å². The quantitative estimate of drug-likeness (QED) is 0.231. The summed E-state index contributed by atoms with van der Waals surface area (Å²) in [6, 6.07) is 0. The van der Waals surface area contributed by atoms with Gasteiger partial charge in [0.1, 0.15) is 12.4 Å². The highest BCUT2D eigenvalue weighted by Gasteiger charge is 2.35. The fourth-order valence-corrected chi connectivity index (χ4v) is 4.00. The summed E-state index contributed by atoms with van der Waals surface area (Å²) in [6.07, 6.45) is 1.23. The topological polar surface area (TPSA) is 125 Å². The number of likely N-dealkylation sites (tertiary alicyclic amines) is 1. The van der Waals surface area contributed by atoms with Crippen LogP contribution < -0.4 is 5.32 Å². The first-order chi connectivity index (χ1) is 15.7. The lowest BCUT2D eigenvalue weighted by Gasteiger charge is -2.37. The molecule has 0 unspecified atom stereocenters. The highest BCUT2D eigenvalue weighted by Crippen LogP contribution is 2.19. The van der Waals surface area contributed by atoms with Gasteiger partial charge in [0.05, 0.1) is 57.1 Å². The molecule has 0 radical (unpaired) electrons. The first kappa shape index (κ1) is 27.3. The lowest BCUT2D eigenvalue weighted by Crippen LogP contribution is -2.53. The van der Waals surface area contributed by atoms with Crippen molar-refractivity contribution in [1.82, 2.24) is 25.2 Å². The van der Waals surface area contributed by atoms with Gasteiger partial charge < -0.3 is 19.5 Å². The number of sulfone groups is 1. The minimum Gasteiger partial charge on any atom is -0.377 e. The molecule has 1 N–H and O–H groups in total. The van der Waals surface area contributed by atoms with Crippen LogP contribution in [0.15, 0.2) is 12.2 Å². The lowest BCUT2D eigenvalue weighted by molar-refractivity contribution is -0.117. The predicted octanol–water partition coefficient (Wildman–Crippen LogP) is -0.281. The van der Waals surface area contributed by atoms with Gasteiger partial charge in [0, 0.05) is 38.0 Å². The van der Waals surface area contributed by atoms with Crippen LogP contribution in [0.3, 0.4) is 0 Å². The third-order valence-electron chi connectivity index (χ3n) is 5.06. The van der Waals surface area contributed by atoms with Gasteiger partial charge >= 0.3 is 0 Å². The molecule has 0 saturated carbocycles. The average Bonchev–Trinajstić information content (AvgIpc) is 3.11. The van der Waals surface area contributed by atoms with Crippen LogP contribution in [0.2, 0.25) is 0 Å². The fourth-order valence-electron chi connectivity index (χ4n) is 3.03. The van der Waals surface area contributed by atoms with Crippen molar-refractivity contribution in [3.63, 3.8) is 0 Å². The molecule has 0 bridgehead atoms. The van der Waals surface area contributed by atoms with E-state index in [0.29, 0.717) is 89.3 Å². The second-order valence-corrected chi connectivity index (χ2v) is 10.2. The smallest absolute Gasteiger partial charge is 0.246 e. The number of hydrogen-bond donors (Lipinski definition) is 1. The Bertz CT molecular complexity index is 872. The highest BCUT2D eigenvalue weighted by atomic mass is 32.2. The van der Waals surface area contributed by atoms with Gasteiger partial charge in [-0.2, -0.15) is 0 Å². The summed E-state index contributed by atoms with van der Waals surface area (Å²) >= 11 is 0. The Labute approximate surface area is 194 Å². The van der Waals surface area contributed by atoms with E-state index in [1.807, 2.05) is 4.90 Å². The molecule has 1 fully saturated rings. The Hall–Kier alpha value is -1.93. The van der Waals surface area contributed by atoms with Crippen LogP contribution in [0, 0.1) is 0 Å². The van der Waals surface area contributed by atoms with Gasteiger partial charge in [-0.05, 0) is 6.92 Å². The van der Waals surface area contributed by atoms with Crippen LogP contribution in [0.25, 0.3) is 0 Å². The maximum absolute atomic E-state index is 13.5. The molecule has 1 amide bonds. The zero-order valence-electron chi connectivity index (χ0n) is 19.3. The standard InChI is InChI=1S/C20H34FN5O6S/c1-16(2)20(27)22-4-6-30-8-10-32-11-9-31-7-5-26-19(12-21)18(23-24-26)15-25-13-17(14-25)33(3,28)29/h17H,1,4-15H2,2-3H3,(H,22,27). The van der Waals surface area contributed by atoms with Crippen molar-refractivity contribution in [3.05, 3.63) is 23.5 Å². The van der Waals surface area contributed by atoms with Gasteiger partial charge in [0.25, 0.3) is 0 Å². The number of hydrogen-bond acceptors (Lipinski definition) is 9. The maximum atomic E-state index is 13.5. The van der Waals surface area contributed by atoms with E-state index in [0.717, 1.165) is 0 Å². The molecule has 33 heavy (non-hydrogen) atoms. The molecule has 0 aromatic carbocycles. The van der Waals surface area contributed by atoms with E-state index in [4.69, 9.17) is 14.2 Å². The van der Waals surface area contributed by atoms with Gasteiger partial charge in [-0.1, -0.05) is 11.8 Å². The van der Waals surface area contributed by atoms with E-state index in [2.05, 4.69) is 22.2 Å². The number of nitrogens with one attached hydrogen (secondary N) is 1. The van der Waals surface area contributed by atoms with Gasteiger partial charge in [-0.3, -0.25) is 9.69 Å². The molecule has 2 heterocycles. The van der Waals surface area contributed by atoms with Crippen molar-refractivity contribution < 1.29 is 31.8 Å². The maximum Gasteiger partial charge on any atom is 0.246 e. The Balaban J connectivity index is 1.51. The first-order valence-corrected chi connectivity index (χ1v) is 12.7. The summed E-state index contributed by atoms with van der Waals surface area (Å²) in [5.74, 6) is -0.188. The summed E-state index contributed by atoms with van der Waals surface area (Å²) in [7, 11) is -3.04. The third-order valence-corrected chi connectivity index (χ3v) is 6.57. The number of ether oxygens (including phenoxy) is 3. The second kappa shape index (κ2) is 13.7.